The summed E-state index contributed by atoms with van der Waals surface area (Å²) in [6.45, 7) is 7.31. The SMILES string of the molecule is CCOC(=O)[C@@H](C)Oc1cccc2c(=O)n(CC(=O)N3CCC(C)CC3)ccc12. The summed E-state index contributed by atoms with van der Waals surface area (Å²) in [5, 5.41) is 1.05. The van der Waals surface area contributed by atoms with Gasteiger partial charge in [0.05, 0.1) is 12.0 Å². The summed E-state index contributed by atoms with van der Waals surface area (Å²) in [4.78, 5) is 39.2. The molecule has 0 saturated carbocycles. The average molecular weight is 400 g/mol. The van der Waals surface area contributed by atoms with Gasteiger partial charge in [-0.3, -0.25) is 9.59 Å². The fraction of sp³-hybridized carbons (Fsp3) is 0.500. The minimum absolute atomic E-state index is 0.0213. The van der Waals surface area contributed by atoms with E-state index in [0.717, 1.165) is 25.9 Å². The highest BCUT2D eigenvalue weighted by Crippen LogP contribution is 2.24. The average Bonchev–Trinajstić information content (AvgIpc) is 2.71. The summed E-state index contributed by atoms with van der Waals surface area (Å²) in [7, 11) is 0. The molecule has 1 aliphatic rings. The number of aromatic nitrogens is 1. The molecule has 156 valence electrons. The van der Waals surface area contributed by atoms with Crippen LogP contribution in [0.3, 0.4) is 0 Å². The molecule has 0 N–H and O–H groups in total. The highest BCUT2D eigenvalue weighted by atomic mass is 16.6. The third-order valence-electron chi connectivity index (χ3n) is 5.34. The number of pyridine rings is 1. The Kier molecular flexibility index (Phi) is 6.56. The van der Waals surface area contributed by atoms with Gasteiger partial charge in [-0.1, -0.05) is 13.0 Å². The van der Waals surface area contributed by atoms with Gasteiger partial charge in [0, 0.05) is 24.7 Å². The summed E-state index contributed by atoms with van der Waals surface area (Å²) < 4.78 is 12.1. The lowest BCUT2D eigenvalue weighted by atomic mass is 9.99. The second-order valence-corrected chi connectivity index (χ2v) is 7.54. The molecule has 0 spiro atoms. The monoisotopic (exact) mass is 400 g/mol. The Morgan fingerprint density at radius 2 is 1.90 bits per heavy atom. The van der Waals surface area contributed by atoms with Crippen molar-refractivity contribution in [2.75, 3.05) is 19.7 Å². The zero-order valence-corrected chi connectivity index (χ0v) is 17.2. The van der Waals surface area contributed by atoms with Crippen molar-refractivity contribution in [1.29, 1.82) is 0 Å². The van der Waals surface area contributed by atoms with E-state index in [2.05, 4.69) is 6.92 Å². The van der Waals surface area contributed by atoms with E-state index in [1.807, 2.05) is 4.90 Å². The number of rotatable bonds is 6. The maximum absolute atomic E-state index is 12.9. The fourth-order valence-electron chi connectivity index (χ4n) is 3.52. The Balaban J connectivity index is 1.80. The second kappa shape index (κ2) is 9.11. The zero-order chi connectivity index (χ0) is 21.0. The molecule has 1 amide bonds. The van der Waals surface area contributed by atoms with Crippen LogP contribution in [0.4, 0.5) is 0 Å². The van der Waals surface area contributed by atoms with E-state index in [1.165, 1.54) is 4.57 Å². The first-order valence-corrected chi connectivity index (χ1v) is 10.1. The summed E-state index contributed by atoms with van der Waals surface area (Å²) in [6.07, 6.45) is 2.82. The van der Waals surface area contributed by atoms with Crippen LogP contribution in [0.5, 0.6) is 5.75 Å². The predicted molar refractivity (Wildman–Crippen MR) is 110 cm³/mol. The molecule has 1 atom stereocenters. The lowest BCUT2D eigenvalue weighted by Gasteiger charge is -2.30. The number of carbonyl (C=O) groups is 2. The molecule has 1 fully saturated rings. The van der Waals surface area contributed by atoms with Crippen molar-refractivity contribution in [2.24, 2.45) is 5.92 Å². The summed E-state index contributed by atoms with van der Waals surface area (Å²) in [5.41, 5.74) is -0.254. The minimum Gasteiger partial charge on any atom is -0.478 e. The van der Waals surface area contributed by atoms with Crippen molar-refractivity contribution in [1.82, 2.24) is 9.47 Å². The van der Waals surface area contributed by atoms with Gasteiger partial charge in [0.1, 0.15) is 12.3 Å². The molecule has 3 rings (SSSR count). The number of ether oxygens (including phenoxy) is 2. The van der Waals surface area contributed by atoms with E-state index >= 15 is 0 Å². The quantitative estimate of drug-likeness (QED) is 0.697. The number of likely N-dealkylation sites (tertiary alicyclic amines) is 1. The molecular weight excluding hydrogens is 372 g/mol. The highest BCUT2D eigenvalue weighted by Gasteiger charge is 2.21. The lowest BCUT2D eigenvalue weighted by molar-refractivity contribution is -0.150. The van der Waals surface area contributed by atoms with E-state index < -0.39 is 12.1 Å². The Labute approximate surface area is 170 Å². The number of carbonyl (C=O) groups excluding carboxylic acids is 2. The second-order valence-electron chi connectivity index (χ2n) is 7.54. The number of fused-ring (bicyclic) bond motifs is 1. The van der Waals surface area contributed by atoms with Crippen LogP contribution in [0.2, 0.25) is 0 Å². The van der Waals surface area contributed by atoms with Gasteiger partial charge < -0.3 is 18.9 Å². The molecule has 0 bridgehead atoms. The van der Waals surface area contributed by atoms with E-state index in [-0.39, 0.29) is 24.6 Å². The number of piperidine rings is 1. The number of esters is 1. The molecule has 1 aromatic heterocycles. The van der Waals surface area contributed by atoms with E-state index in [0.29, 0.717) is 22.4 Å². The highest BCUT2D eigenvalue weighted by molar-refractivity contribution is 5.88. The fourth-order valence-corrected chi connectivity index (χ4v) is 3.52. The first-order valence-electron chi connectivity index (χ1n) is 10.1. The standard InChI is InChI=1S/C22H28N2O5/c1-4-28-22(27)16(3)29-19-7-5-6-18-17(19)10-13-24(21(18)26)14-20(25)23-11-8-15(2)9-12-23/h5-7,10,13,15-16H,4,8-9,11-12,14H2,1-3H3/t16-/m1/s1. The molecule has 1 aromatic carbocycles. The van der Waals surface area contributed by atoms with Crippen LogP contribution in [0.15, 0.2) is 35.3 Å². The van der Waals surface area contributed by atoms with Crippen LogP contribution < -0.4 is 10.3 Å². The smallest absolute Gasteiger partial charge is 0.347 e. The molecule has 7 nitrogen and oxygen atoms in total. The number of nitrogens with zero attached hydrogens (tertiary/aromatic N) is 2. The van der Waals surface area contributed by atoms with Crippen LogP contribution in [0, 0.1) is 5.92 Å². The number of hydrogen-bond acceptors (Lipinski definition) is 5. The molecule has 29 heavy (non-hydrogen) atoms. The maximum atomic E-state index is 12.9. The Hall–Kier alpha value is -2.83. The van der Waals surface area contributed by atoms with Gasteiger partial charge in [-0.2, -0.15) is 0 Å². The molecule has 1 saturated heterocycles. The van der Waals surface area contributed by atoms with Gasteiger partial charge in [-0.15, -0.1) is 0 Å². The molecule has 0 unspecified atom stereocenters. The molecular formula is C22H28N2O5. The predicted octanol–water partition coefficient (Wildman–Crippen LogP) is 2.59. The van der Waals surface area contributed by atoms with Gasteiger partial charge >= 0.3 is 5.97 Å². The van der Waals surface area contributed by atoms with E-state index in [4.69, 9.17) is 9.47 Å². The number of benzene rings is 1. The first-order chi connectivity index (χ1) is 13.9. The summed E-state index contributed by atoms with van der Waals surface area (Å²) in [5.74, 6) is 0.572. The van der Waals surface area contributed by atoms with Crippen molar-refractivity contribution < 1.29 is 19.1 Å². The largest absolute Gasteiger partial charge is 0.478 e. The molecule has 0 radical (unpaired) electrons. The maximum Gasteiger partial charge on any atom is 0.347 e. The van der Waals surface area contributed by atoms with Crippen LogP contribution in [-0.2, 0) is 20.9 Å². The molecule has 0 aliphatic carbocycles. The number of hydrogen-bond donors (Lipinski definition) is 0. The van der Waals surface area contributed by atoms with Crippen LogP contribution >= 0.6 is 0 Å². The molecule has 2 aromatic rings. The van der Waals surface area contributed by atoms with Crippen LogP contribution in [-0.4, -0.2) is 47.1 Å². The normalized spacial score (nSPS) is 15.9. The minimum atomic E-state index is -0.786. The first kappa shape index (κ1) is 20.9. The van der Waals surface area contributed by atoms with Gasteiger partial charge in [-0.25, -0.2) is 4.79 Å². The zero-order valence-electron chi connectivity index (χ0n) is 17.2. The lowest BCUT2D eigenvalue weighted by Crippen LogP contribution is -2.41. The Bertz CT molecular complexity index is 944. The Morgan fingerprint density at radius 1 is 1.17 bits per heavy atom. The van der Waals surface area contributed by atoms with E-state index in [1.54, 1.807) is 44.3 Å². The van der Waals surface area contributed by atoms with Gasteiger partial charge in [0.2, 0.25) is 5.91 Å². The van der Waals surface area contributed by atoms with Crippen molar-refractivity contribution in [3.05, 3.63) is 40.8 Å². The van der Waals surface area contributed by atoms with Crippen LogP contribution in [0.1, 0.15) is 33.6 Å². The van der Waals surface area contributed by atoms with Crippen molar-refractivity contribution in [3.8, 4) is 5.75 Å². The van der Waals surface area contributed by atoms with Crippen LogP contribution in [0.25, 0.3) is 10.8 Å². The molecule has 1 aliphatic heterocycles. The molecule has 2 heterocycles. The van der Waals surface area contributed by atoms with E-state index in [9.17, 15) is 14.4 Å². The third-order valence-corrected chi connectivity index (χ3v) is 5.34. The third kappa shape index (κ3) is 4.78. The topological polar surface area (TPSA) is 77.8 Å². The van der Waals surface area contributed by atoms with Crippen molar-refractivity contribution in [3.63, 3.8) is 0 Å². The summed E-state index contributed by atoms with van der Waals surface area (Å²) in [6, 6.07) is 6.86. The number of amides is 1. The summed E-state index contributed by atoms with van der Waals surface area (Å²) >= 11 is 0. The van der Waals surface area contributed by atoms with Gasteiger partial charge in [0.15, 0.2) is 6.10 Å². The van der Waals surface area contributed by atoms with Crippen molar-refractivity contribution >= 4 is 22.6 Å². The van der Waals surface area contributed by atoms with Gasteiger partial charge in [0.25, 0.3) is 5.56 Å². The van der Waals surface area contributed by atoms with Crippen molar-refractivity contribution in [2.45, 2.75) is 46.3 Å². The van der Waals surface area contributed by atoms with Gasteiger partial charge in [-0.05, 0) is 50.8 Å². The Morgan fingerprint density at radius 3 is 2.59 bits per heavy atom. The molecule has 7 heteroatoms.